The van der Waals surface area contributed by atoms with E-state index < -0.39 is 0 Å². The van der Waals surface area contributed by atoms with Gasteiger partial charge in [0.25, 0.3) is 0 Å². The van der Waals surface area contributed by atoms with E-state index in [1.807, 2.05) is 36.5 Å². The molecule has 0 aliphatic heterocycles. The van der Waals surface area contributed by atoms with Gasteiger partial charge in [-0.05, 0) is 13.1 Å². The van der Waals surface area contributed by atoms with Crippen LogP contribution < -0.4 is 5.32 Å². The van der Waals surface area contributed by atoms with Gasteiger partial charge in [0.05, 0.1) is 18.6 Å². The van der Waals surface area contributed by atoms with E-state index in [9.17, 15) is 0 Å². The number of rotatable bonds is 5. The molecule has 5 heteroatoms. The zero-order valence-corrected chi connectivity index (χ0v) is 8.80. The maximum atomic E-state index is 4.16. The highest BCUT2D eigenvalue weighted by atomic mass is 15.3. The molecule has 5 nitrogen and oxygen atoms in total. The molecule has 15 heavy (non-hydrogen) atoms. The first-order valence-electron chi connectivity index (χ1n) is 5.01. The summed E-state index contributed by atoms with van der Waals surface area (Å²) in [7, 11) is 1.94. The number of imidazole rings is 1. The SMILES string of the molecule is CNCc1cncn1CCn1cccn1. The van der Waals surface area contributed by atoms with Crippen molar-refractivity contribution in [2.45, 2.75) is 19.6 Å². The largest absolute Gasteiger partial charge is 0.332 e. The van der Waals surface area contributed by atoms with Crippen LogP contribution in [0.1, 0.15) is 5.69 Å². The van der Waals surface area contributed by atoms with Crippen molar-refractivity contribution in [1.82, 2.24) is 24.6 Å². The first-order chi connectivity index (χ1) is 7.40. The Labute approximate surface area is 88.7 Å². The molecule has 2 aromatic rings. The molecule has 80 valence electrons. The normalized spacial score (nSPS) is 10.7. The molecular weight excluding hydrogens is 190 g/mol. The van der Waals surface area contributed by atoms with E-state index in [4.69, 9.17) is 0 Å². The Hall–Kier alpha value is -1.62. The molecule has 2 rings (SSSR count). The van der Waals surface area contributed by atoms with E-state index in [-0.39, 0.29) is 0 Å². The lowest BCUT2D eigenvalue weighted by Crippen LogP contribution is -2.13. The van der Waals surface area contributed by atoms with E-state index in [0.717, 1.165) is 19.6 Å². The molecule has 0 amide bonds. The number of aryl methyl sites for hydroxylation is 2. The summed E-state index contributed by atoms with van der Waals surface area (Å²) in [6, 6.07) is 1.93. The molecule has 0 fully saturated rings. The van der Waals surface area contributed by atoms with Gasteiger partial charge < -0.3 is 9.88 Å². The van der Waals surface area contributed by atoms with E-state index in [1.54, 1.807) is 6.20 Å². The summed E-state index contributed by atoms with van der Waals surface area (Å²) in [6.07, 6.45) is 7.51. The van der Waals surface area contributed by atoms with Gasteiger partial charge in [-0.15, -0.1) is 0 Å². The van der Waals surface area contributed by atoms with E-state index in [2.05, 4.69) is 20.0 Å². The van der Waals surface area contributed by atoms with Crippen molar-refractivity contribution in [3.8, 4) is 0 Å². The van der Waals surface area contributed by atoms with Gasteiger partial charge in [0.2, 0.25) is 0 Å². The van der Waals surface area contributed by atoms with Crippen LogP contribution in [0.15, 0.2) is 31.0 Å². The van der Waals surface area contributed by atoms with Gasteiger partial charge in [0, 0.05) is 31.7 Å². The van der Waals surface area contributed by atoms with Crippen LogP contribution >= 0.6 is 0 Å². The Kier molecular flexibility index (Phi) is 3.14. The zero-order chi connectivity index (χ0) is 10.5. The molecule has 0 saturated heterocycles. The third-order valence-corrected chi connectivity index (χ3v) is 2.29. The van der Waals surface area contributed by atoms with Crippen LogP contribution in [-0.4, -0.2) is 26.4 Å². The summed E-state index contributed by atoms with van der Waals surface area (Å²) < 4.78 is 4.06. The summed E-state index contributed by atoms with van der Waals surface area (Å²) in [5.74, 6) is 0. The van der Waals surface area contributed by atoms with Crippen molar-refractivity contribution < 1.29 is 0 Å². The van der Waals surface area contributed by atoms with Gasteiger partial charge in [-0.2, -0.15) is 5.10 Å². The monoisotopic (exact) mass is 205 g/mol. The van der Waals surface area contributed by atoms with Gasteiger partial charge in [-0.25, -0.2) is 4.98 Å². The van der Waals surface area contributed by atoms with Gasteiger partial charge in [-0.3, -0.25) is 4.68 Å². The Morgan fingerprint density at radius 1 is 1.40 bits per heavy atom. The molecule has 2 aromatic heterocycles. The molecule has 0 bridgehead atoms. The van der Waals surface area contributed by atoms with Crippen molar-refractivity contribution >= 4 is 0 Å². The van der Waals surface area contributed by atoms with Crippen LogP contribution in [0.25, 0.3) is 0 Å². The predicted molar refractivity (Wildman–Crippen MR) is 57.2 cm³/mol. The van der Waals surface area contributed by atoms with E-state index in [0.29, 0.717) is 0 Å². The Morgan fingerprint density at radius 2 is 2.33 bits per heavy atom. The number of nitrogens with one attached hydrogen (secondary N) is 1. The maximum Gasteiger partial charge on any atom is 0.0949 e. The average molecular weight is 205 g/mol. The van der Waals surface area contributed by atoms with Gasteiger partial charge in [0.15, 0.2) is 0 Å². The van der Waals surface area contributed by atoms with E-state index in [1.165, 1.54) is 5.69 Å². The lowest BCUT2D eigenvalue weighted by molar-refractivity contribution is 0.518. The second-order valence-electron chi connectivity index (χ2n) is 3.38. The second kappa shape index (κ2) is 4.75. The summed E-state index contributed by atoms with van der Waals surface area (Å²) in [6.45, 7) is 2.62. The Balaban J connectivity index is 1.95. The topological polar surface area (TPSA) is 47.7 Å². The van der Waals surface area contributed by atoms with Gasteiger partial charge in [-0.1, -0.05) is 0 Å². The fourth-order valence-corrected chi connectivity index (χ4v) is 1.52. The highest BCUT2D eigenvalue weighted by molar-refractivity contribution is 4.97. The van der Waals surface area contributed by atoms with Crippen molar-refractivity contribution in [1.29, 1.82) is 0 Å². The Morgan fingerprint density at radius 3 is 3.07 bits per heavy atom. The molecule has 0 aliphatic carbocycles. The van der Waals surface area contributed by atoms with Crippen LogP contribution in [-0.2, 0) is 19.6 Å². The van der Waals surface area contributed by atoms with Crippen LogP contribution in [0.4, 0.5) is 0 Å². The fourth-order valence-electron chi connectivity index (χ4n) is 1.52. The summed E-state index contributed by atoms with van der Waals surface area (Å²) in [5.41, 5.74) is 1.20. The van der Waals surface area contributed by atoms with Crippen molar-refractivity contribution in [2.75, 3.05) is 7.05 Å². The quantitative estimate of drug-likeness (QED) is 0.773. The summed E-state index contributed by atoms with van der Waals surface area (Å²) in [5, 5.41) is 7.28. The van der Waals surface area contributed by atoms with Gasteiger partial charge in [0.1, 0.15) is 0 Å². The minimum absolute atomic E-state index is 0.846. The summed E-state index contributed by atoms with van der Waals surface area (Å²) in [4.78, 5) is 4.13. The smallest absolute Gasteiger partial charge is 0.0949 e. The van der Waals surface area contributed by atoms with Crippen LogP contribution in [0, 0.1) is 0 Å². The molecule has 0 spiro atoms. The molecule has 0 aromatic carbocycles. The molecule has 0 atom stereocenters. The van der Waals surface area contributed by atoms with Crippen molar-refractivity contribution in [3.63, 3.8) is 0 Å². The number of nitrogens with zero attached hydrogens (tertiary/aromatic N) is 4. The molecule has 0 unspecified atom stereocenters. The zero-order valence-electron chi connectivity index (χ0n) is 8.80. The highest BCUT2D eigenvalue weighted by Crippen LogP contribution is 1.99. The minimum atomic E-state index is 0.846. The maximum absolute atomic E-state index is 4.16. The van der Waals surface area contributed by atoms with Crippen LogP contribution in [0.5, 0.6) is 0 Å². The van der Waals surface area contributed by atoms with Crippen LogP contribution in [0.3, 0.4) is 0 Å². The molecule has 2 heterocycles. The predicted octanol–water partition coefficient (Wildman–Crippen LogP) is 0.499. The molecular formula is C10H15N5. The standard InChI is InChI=1S/C10H15N5/c1-11-7-10-8-12-9-14(10)5-6-15-4-2-3-13-15/h2-4,8-9,11H,5-7H2,1H3. The lowest BCUT2D eigenvalue weighted by Gasteiger charge is -2.07. The molecule has 0 aliphatic rings. The van der Waals surface area contributed by atoms with E-state index >= 15 is 0 Å². The van der Waals surface area contributed by atoms with Crippen molar-refractivity contribution in [2.24, 2.45) is 0 Å². The van der Waals surface area contributed by atoms with Crippen LogP contribution in [0.2, 0.25) is 0 Å². The van der Waals surface area contributed by atoms with Gasteiger partial charge >= 0.3 is 0 Å². The number of hydrogen-bond acceptors (Lipinski definition) is 3. The molecule has 1 N–H and O–H groups in total. The first kappa shape index (κ1) is 9.92. The lowest BCUT2D eigenvalue weighted by atomic mass is 10.4. The third kappa shape index (κ3) is 2.44. The fraction of sp³-hybridized carbons (Fsp3) is 0.400. The first-order valence-corrected chi connectivity index (χ1v) is 5.01. The van der Waals surface area contributed by atoms with Crippen molar-refractivity contribution in [3.05, 3.63) is 36.7 Å². The molecule has 0 radical (unpaired) electrons. The molecule has 0 saturated carbocycles. The third-order valence-electron chi connectivity index (χ3n) is 2.29. The number of aromatic nitrogens is 4. The second-order valence-corrected chi connectivity index (χ2v) is 3.38. The Bertz CT molecular complexity index is 390. The highest BCUT2D eigenvalue weighted by Gasteiger charge is 2.00. The average Bonchev–Trinajstić information content (AvgIpc) is 2.85. The minimum Gasteiger partial charge on any atom is -0.332 e. The number of hydrogen-bond donors (Lipinski definition) is 1. The summed E-state index contributed by atoms with van der Waals surface area (Å²) >= 11 is 0.